The zero-order valence-corrected chi connectivity index (χ0v) is 11.8. The Hall–Kier alpha value is -1.23. The maximum Gasteiger partial charge on any atom is 0.154 e. The van der Waals surface area contributed by atoms with Crippen LogP contribution in [0.15, 0.2) is 18.2 Å². The molecule has 0 radical (unpaired) electrons. The van der Waals surface area contributed by atoms with Crippen LogP contribution in [0.2, 0.25) is 0 Å². The Morgan fingerprint density at radius 1 is 1.28 bits per heavy atom. The molecule has 0 spiro atoms. The van der Waals surface area contributed by atoms with E-state index in [-0.39, 0.29) is 11.5 Å². The molecule has 1 aromatic rings. The Morgan fingerprint density at radius 3 is 2.61 bits per heavy atom. The molecule has 0 aliphatic rings. The van der Waals surface area contributed by atoms with Crippen molar-refractivity contribution in [2.24, 2.45) is 0 Å². The van der Waals surface area contributed by atoms with Gasteiger partial charge < -0.3 is 10.5 Å². The number of hydrogen-bond donors (Lipinski definition) is 1. The maximum atomic E-state index is 11.9. The van der Waals surface area contributed by atoms with Gasteiger partial charge in [0.1, 0.15) is 5.75 Å². The Kier molecular flexibility index (Phi) is 5.47. The number of nitrogens with two attached hydrogens (primary N) is 1. The topological polar surface area (TPSA) is 69.4 Å². The van der Waals surface area contributed by atoms with Crippen molar-refractivity contribution in [1.29, 1.82) is 0 Å². The first-order valence-electron chi connectivity index (χ1n) is 6.20. The summed E-state index contributed by atoms with van der Waals surface area (Å²) >= 11 is 0. The fourth-order valence-electron chi connectivity index (χ4n) is 1.68. The van der Waals surface area contributed by atoms with E-state index in [9.17, 15) is 8.42 Å². The van der Waals surface area contributed by atoms with Gasteiger partial charge in [-0.15, -0.1) is 0 Å². The molecule has 1 rings (SSSR count). The minimum absolute atomic E-state index is 0.00657. The molecular formula is C13H21NO3S. The Balaban J connectivity index is 2.91. The molecule has 0 aromatic heterocycles. The zero-order chi connectivity index (χ0) is 13.6. The molecule has 0 saturated heterocycles. The number of nitrogen functional groups attached to an aromatic ring is 1. The molecule has 102 valence electrons. The third-order valence-corrected chi connectivity index (χ3v) is 4.23. The summed E-state index contributed by atoms with van der Waals surface area (Å²) in [5.74, 6) is 0.809. The van der Waals surface area contributed by atoms with Gasteiger partial charge in [-0.1, -0.05) is 13.3 Å². The minimum Gasteiger partial charge on any atom is -0.494 e. The molecule has 0 heterocycles. The monoisotopic (exact) mass is 271 g/mol. The van der Waals surface area contributed by atoms with Crippen LogP contribution in [0.3, 0.4) is 0 Å². The number of benzene rings is 1. The van der Waals surface area contributed by atoms with E-state index in [1.54, 1.807) is 18.2 Å². The first kappa shape index (κ1) is 14.8. The zero-order valence-electron chi connectivity index (χ0n) is 11.0. The summed E-state index contributed by atoms with van der Waals surface area (Å²) in [5.41, 5.74) is 6.89. The molecule has 0 aliphatic carbocycles. The lowest BCUT2D eigenvalue weighted by molar-refractivity contribution is 0.337. The van der Waals surface area contributed by atoms with E-state index in [4.69, 9.17) is 10.5 Å². The van der Waals surface area contributed by atoms with Gasteiger partial charge in [0.25, 0.3) is 0 Å². The van der Waals surface area contributed by atoms with Crippen molar-refractivity contribution < 1.29 is 13.2 Å². The third kappa shape index (κ3) is 4.56. The summed E-state index contributed by atoms with van der Waals surface area (Å²) in [7, 11) is -3.09. The first-order chi connectivity index (χ1) is 8.48. The van der Waals surface area contributed by atoms with Crippen molar-refractivity contribution in [3.63, 3.8) is 0 Å². The van der Waals surface area contributed by atoms with Crippen molar-refractivity contribution in [3.05, 3.63) is 23.8 Å². The van der Waals surface area contributed by atoms with E-state index in [1.165, 1.54) is 0 Å². The van der Waals surface area contributed by atoms with Crippen molar-refractivity contribution in [2.45, 2.75) is 32.4 Å². The standard InChI is InChI=1S/C13H21NO3S/c1-3-5-8-18(15,16)10-11-9-12(14)6-7-13(11)17-4-2/h6-7,9H,3-5,8,10,14H2,1-2H3. The molecule has 0 amide bonds. The Morgan fingerprint density at radius 2 is 2.00 bits per heavy atom. The minimum atomic E-state index is -3.09. The van der Waals surface area contributed by atoms with E-state index in [0.717, 1.165) is 6.42 Å². The quantitative estimate of drug-likeness (QED) is 0.773. The van der Waals surface area contributed by atoms with E-state index in [1.807, 2.05) is 13.8 Å². The van der Waals surface area contributed by atoms with Crippen LogP contribution in [0.1, 0.15) is 32.3 Å². The van der Waals surface area contributed by atoms with Crippen LogP contribution in [0, 0.1) is 0 Å². The van der Waals surface area contributed by atoms with Gasteiger partial charge in [0, 0.05) is 11.3 Å². The van der Waals surface area contributed by atoms with Crippen LogP contribution < -0.4 is 10.5 Å². The smallest absolute Gasteiger partial charge is 0.154 e. The number of ether oxygens (including phenoxy) is 1. The molecule has 5 heteroatoms. The van der Waals surface area contributed by atoms with Crippen LogP contribution in [0.4, 0.5) is 5.69 Å². The highest BCUT2D eigenvalue weighted by atomic mass is 32.2. The summed E-state index contributed by atoms with van der Waals surface area (Å²) in [6.07, 6.45) is 1.56. The SMILES string of the molecule is CCCCS(=O)(=O)Cc1cc(N)ccc1OCC. The van der Waals surface area contributed by atoms with Gasteiger partial charge in [0.2, 0.25) is 0 Å². The fourth-order valence-corrected chi connectivity index (χ4v) is 3.25. The normalized spacial score (nSPS) is 11.4. The lowest BCUT2D eigenvalue weighted by Gasteiger charge is -2.11. The van der Waals surface area contributed by atoms with Crippen molar-refractivity contribution in [1.82, 2.24) is 0 Å². The van der Waals surface area contributed by atoms with Crippen LogP contribution >= 0.6 is 0 Å². The summed E-state index contributed by atoms with van der Waals surface area (Å²) in [6, 6.07) is 5.12. The lowest BCUT2D eigenvalue weighted by atomic mass is 10.2. The van der Waals surface area contributed by atoms with Crippen LogP contribution in [-0.2, 0) is 15.6 Å². The molecule has 0 fully saturated rings. The largest absolute Gasteiger partial charge is 0.494 e. The third-order valence-electron chi connectivity index (χ3n) is 2.57. The van der Waals surface area contributed by atoms with Gasteiger partial charge in [0.15, 0.2) is 9.84 Å². The molecule has 0 atom stereocenters. The molecule has 0 unspecified atom stereocenters. The number of sulfone groups is 1. The number of hydrogen-bond acceptors (Lipinski definition) is 4. The summed E-state index contributed by atoms with van der Waals surface area (Å²) in [6.45, 7) is 4.35. The van der Waals surface area contributed by atoms with Crippen LogP contribution in [0.5, 0.6) is 5.75 Å². The van der Waals surface area contributed by atoms with E-state index < -0.39 is 9.84 Å². The number of anilines is 1. The lowest BCUT2D eigenvalue weighted by Crippen LogP contribution is -2.10. The summed E-state index contributed by atoms with van der Waals surface area (Å²) < 4.78 is 29.3. The average molecular weight is 271 g/mol. The molecule has 2 N–H and O–H groups in total. The van der Waals surface area contributed by atoms with Gasteiger partial charge in [0.05, 0.1) is 18.1 Å². The second-order valence-electron chi connectivity index (χ2n) is 4.25. The summed E-state index contributed by atoms with van der Waals surface area (Å²) in [4.78, 5) is 0. The highest BCUT2D eigenvalue weighted by Crippen LogP contribution is 2.24. The van der Waals surface area contributed by atoms with Crippen molar-refractivity contribution in [3.8, 4) is 5.75 Å². The average Bonchev–Trinajstić information content (AvgIpc) is 2.30. The van der Waals surface area contributed by atoms with E-state index >= 15 is 0 Å². The van der Waals surface area contributed by atoms with Gasteiger partial charge in [-0.3, -0.25) is 0 Å². The predicted octanol–water partition coefficient (Wildman–Crippen LogP) is 2.38. The Bertz CT molecular complexity index is 483. The van der Waals surface area contributed by atoms with Crippen molar-refractivity contribution in [2.75, 3.05) is 18.1 Å². The molecular weight excluding hydrogens is 250 g/mol. The van der Waals surface area contributed by atoms with E-state index in [0.29, 0.717) is 30.0 Å². The van der Waals surface area contributed by atoms with Gasteiger partial charge in [-0.2, -0.15) is 0 Å². The number of unbranched alkanes of at least 4 members (excludes halogenated alkanes) is 1. The fraction of sp³-hybridized carbons (Fsp3) is 0.538. The molecule has 1 aromatic carbocycles. The predicted molar refractivity (Wildman–Crippen MR) is 74.4 cm³/mol. The Labute approximate surface area is 109 Å². The first-order valence-corrected chi connectivity index (χ1v) is 8.02. The highest BCUT2D eigenvalue weighted by molar-refractivity contribution is 7.90. The maximum absolute atomic E-state index is 11.9. The molecule has 18 heavy (non-hydrogen) atoms. The second-order valence-corrected chi connectivity index (χ2v) is 6.43. The van der Waals surface area contributed by atoms with Gasteiger partial charge in [-0.05, 0) is 31.5 Å². The summed E-state index contributed by atoms with van der Waals surface area (Å²) in [5, 5.41) is 0. The molecule has 4 nitrogen and oxygen atoms in total. The van der Waals surface area contributed by atoms with Crippen LogP contribution in [0.25, 0.3) is 0 Å². The van der Waals surface area contributed by atoms with Gasteiger partial charge in [-0.25, -0.2) is 8.42 Å². The van der Waals surface area contributed by atoms with Crippen molar-refractivity contribution >= 4 is 15.5 Å². The molecule has 0 aliphatic heterocycles. The van der Waals surface area contributed by atoms with Crippen LogP contribution in [-0.4, -0.2) is 20.8 Å². The van der Waals surface area contributed by atoms with E-state index in [2.05, 4.69) is 0 Å². The second kappa shape index (κ2) is 6.64. The highest BCUT2D eigenvalue weighted by Gasteiger charge is 2.15. The van der Waals surface area contributed by atoms with Gasteiger partial charge >= 0.3 is 0 Å². The molecule has 0 saturated carbocycles. The molecule has 0 bridgehead atoms. The number of rotatable bonds is 7.